The van der Waals surface area contributed by atoms with E-state index in [1.807, 2.05) is 6.08 Å². The smallest absolute Gasteiger partial charge is 0.192 e. The van der Waals surface area contributed by atoms with E-state index in [1.54, 1.807) is 0 Å². The van der Waals surface area contributed by atoms with E-state index in [1.165, 1.54) is 11.1 Å². The second-order valence-electron chi connectivity index (χ2n) is 6.76. The highest BCUT2D eigenvalue weighted by Crippen LogP contribution is 2.40. The second kappa shape index (κ2) is 5.72. The van der Waals surface area contributed by atoms with Crippen LogP contribution < -0.4 is 0 Å². The Morgan fingerprint density at radius 3 is 2.56 bits per heavy atom. The first kappa shape index (κ1) is 15.7. The van der Waals surface area contributed by atoms with E-state index >= 15 is 0 Å². The average Bonchev–Trinajstić information content (AvgIpc) is 2.21. The quantitative estimate of drug-likeness (QED) is 0.783. The molecule has 0 amide bonds. The Balaban J connectivity index is 2.70. The van der Waals surface area contributed by atoms with Crippen LogP contribution in [-0.2, 0) is 4.43 Å². The molecule has 1 aliphatic rings. The minimum atomic E-state index is -1.69. The third kappa shape index (κ3) is 3.80. The monoisotopic (exact) mass is 268 g/mol. The number of hydrogen-bond acceptors (Lipinski definition) is 2. The Morgan fingerprint density at radius 2 is 2.06 bits per heavy atom. The van der Waals surface area contributed by atoms with Crippen molar-refractivity contribution in [2.24, 2.45) is 0 Å². The Hall–Kier alpha value is -0.383. The van der Waals surface area contributed by atoms with Crippen LogP contribution in [-0.4, -0.2) is 26.1 Å². The molecule has 0 aliphatic heterocycles. The fourth-order valence-electron chi connectivity index (χ4n) is 2.02. The van der Waals surface area contributed by atoms with Gasteiger partial charge in [-0.05, 0) is 43.0 Å². The van der Waals surface area contributed by atoms with Crippen molar-refractivity contribution in [3.63, 3.8) is 0 Å². The Labute approximate surface area is 113 Å². The molecule has 0 bridgehead atoms. The van der Waals surface area contributed by atoms with Crippen molar-refractivity contribution in [2.45, 2.75) is 64.3 Å². The summed E-state index contributed by atoms with van der Waals surface area (Å²) in [5.41, 5.74) is 2.35. The lowest BCUT2D eigenvalue weighted by Gasteiger charge is -2.41. The highest BCUT2D eigenvalue weighted by molar-refractivity contribution is 6.74. The lowest BCUT2D eigenvalue weighted by molar-refractivity contribution is 0.164. The highest BCUT2D eigenvalue weighted by atomic mass is 28.4. The van der Waals surface area contributed by atoms with E-state index in [0.717, 1.165) is 19.3 Å². The van der Waals surface area contributed by atoms with Gasteiger partial charge in [-0.25, -0.2) is 0 Å². The summed E-state index contributed by atoms with van der Waals surface area (Å²) in [5.74, 6) is 0. The van der Waals surface area contributed by atoms with Gasteiger partial charge in [0, 0.05) is 6.10 Å². The lowest BCUT2D eigenvalue weighted by Crippen LogP contribution is -2.44. The van der Waals surface area contributed by atoms with E-state index in [-0.39, 0.29) is 11.6 Å². The summed E-state index contributed by atoms with van der Waals surface area (Å²) in [6.45, 7) is 15.6. The van der Waals surface area contributed by atoms with Gasteiger partial charge in [0.25, 0.3) is 0 Å². The van der Waals surface area contributed by atoms with Gasteiger partial charge in [-0.3, -0.25) is 0 Å². The number of aliphatic hydroxyl groups excluding tert-OH is 1. The molecule has 0 aromatic rings. The molecule has 18 heavy (non-hydrogen) atoms. The largest absolute Gasteiger partial charge is 0.414 e. The summed E-state index contributed by atoms with van der Waals surface area (Å²) in [6.07, 6.45) is 5.14. The molecule has 1 N–H and O–H groups in total. The van der Waals surface area contributed by atoms with Crippen molar-refractivity contribution in [2.75, 3.05) is 6.61 Å². The van der Waals surface area contributed by atoms with Crippen LogP contribution in [0.1, 0.15) is 40.0 Å². The van der Waals surface area contributed by atoms with E-state index in [0.29, 0.717) is 6.10 Å². The Morgan fingerprint density at radius 1 is 1.44 bits per heavy atom. The van der Waals surface area contributed by atoms with Crippen LogP contribution in [0.3, 0.4) is 0 Å². The predicted octanol–water partition coefficient (Wildman–Crippen LogP) is 4.04. The van der Waals surface area contributed by atoms with Crippen molar-refractivity contribution in [1.82, 2.24) is 0 Å². The summed E-state index contributed by atoms with van der Waals surface area (Å²) in [4.78, 5) is 0. The maximum absolute atomic E-state index is 9.03. The van der Waals surface area contributed by atoms with Crippen LogP contribution in [0.2, 0.25) is 18.1 Å². The molecular weight excluding hydrogens is 240 g/mol. The van der Waals surface area contributed by atoms with Crippen molar-refractivity contribution < 1.29 is 9.53 Å². The Bertz CT molecular complexity index is 337. The van der Waals surface area contributed by atoms with E-state index in [4.69, 9.17) is 9.53 Å². The van der Waals surface area contributed by atoms with E-state index in [2.05, 4.69) is 40.4 Å². The normalized spacial score (nSPS) is 24.7. The number of allylic oxidation sites excluding steroid dienone is 1. The van der Waals surface area contributed by atoms with Gasteiger partial charge in [0.15, 0.2) is 8.32 Å². The zero-order valence-electron chi connectivity index (χ0n) is 12.5. The fraction of sp³-hybridized carbons (Fsp3) is 0.733. The third-order valence-electron chi connectivity index (χ3n) is 4.27. The number of hydrogen-bond donors (Lipinski definition) is 1. The molecule has 0 spiro atoms. The van der Waals surface area contributed by atoms with Crippen molar-refractivity contribution >= 4 is 8.32 Å². The summed E-state index contributed by atoms with van der Waals surface area (Å²) in [6, 6.07) is 0. The second-order valence-corrected chi connectivity index (χ2v) is 11.5. The topological polar surface area (TPSA) is 29.5 Å². The molecule has 3 heteroatoms. The van der Waals surface area contributed by atoms with Gasteiger partial charge < -0.3 is 9.53 Å². The predicted molar refractivity (Wildman–Crippen MR) is 80.2 cm³/mol. The molecule has 1 fully saturated rings. The summed E-state index contributed by atoms with van der Waals surface area (Å²) in [5, 5.41) is 9.29. The number of aliphatic hydroxyl groups is 1. The van der Waals surface area contributed by atoms with Crippen LogP contribution in [0.15, 0.2) is 23.8 Å². The molecule has 1 aliphatic carbocycles. The van der Waals surface area contributed by atoms with Crippen molar-refractivity contribution in [3.8, 4) is 0 Å². The maximum atomic E-state index is 9.03. The molecule has 2 nitrogen and oxygen atoms in total. The third-order valence-corrected chi connectivity index (χ3v) is 8.81. The molecular formula is C15H28O2Si. The molecule has 0 aromatic heterocycles. The standard InChI is InChI=1S/C15H28O2Si/c1-12-7-8-14(11-13(12)9-10-16)17-18(5,6)15(2,3)4/h9,14,16H,1,7-8,10-11H2,2-6H3. The first-order valence-electron chi connectivity index (χ1n) is 6.83. The van der Waals surface area contributed by atoms with Crippen molar-refractivity contribution in [3.05, 3.63) is 23.8 Å². The van der Waals surface area contributed by atoms with Gasteiger partial charge in [-0.15, -0.1) is 0 Å². The molecule has 1 rings (SSSR count). The molecule has 1 saturated carbocycles. The van der Waals surface area contributed by atoms with Crippen LogP contribution in [0, 0.1) is 0 Å². The zero-order valence-corrected chi connectivity index (χ0v) is 13.5. The first-order chi connectivity index (χ1) is 8.17. The highest BCUT2D eigenvalue weighted by Gasteiger charge is 2.39. The van der Waals surface area contributed by atoms with Gasteiger partial charge in [0.05, 0.1) is 6.61 Å². The van der Waals surface area contributed by atoms with Crippen LogP contribution in [0.4, 0.5) is 0 Å². The van der Waals surface area contributed by atoms with E-state index in [9.17, 15) is 0 Å². The lowest BCUT2D eigenvalue weighted by atomic mass is 9.88. The van der Waals surface area contributed by atoms with Gasteiger partial charge in [-0.2, -0.15) is 0 Å². The SMILES string of the molecule is C=C1CCC(O[Si](C)(C)C(C)(C)C)CC1=CCO. The van der Waals surface area contributed by atoms with Gasteiger partial charge >= 0.3 is 0 Å². The maximum Gasteiger partial charge on any atom is 0.192 e. The summed E-state index contributed by atoms with van der Waals surface area (Å²) in [7, 11) is -1.69. The first-order valence-corrected chi connectivity index (χ1v) is 9.74. The molecule has 1 atom stereocenters. The van der Waals surface area contributed by atoms with E-state index < -0.39 is 8.32 Å². The summed E-state index contributed by atoms with van der Waals surface area (Å²) < 4.78 is 6.44. The van der Waals surface area contributed by atoms with Crippen LogP contribution >= 0.6 is 0 Å². The average molecular weight is 268 g/mol. The molecule has 0 heterocycles. The van der Waals surface area contributed by atoms with Gasteiger partial charge in [-0.1, -0.05) is 39.0 Å². The van der Waals surface area contributed by atoms with Crippen molar-refractivity contribution in [1.29, 1.82) is 0 Å². The summed E-state index contributed by atoms with van der Waals surface area (Å²) >= 11 is 0. The molecule has 1 unspecified atom stereocenters. The van der Waals surface area contributed by atoms with Gasteiger partial charge in [0.2, 0.25) is 0 Å². The molecule has 0 radical (unpaired) electrons. The fourth-order valence-corrected chi connectivity index (χ4v) is 3.41. The minimum absolute atomic E-state index is 0.0984. The molecule has 104 valence electrons. The van der Waals surface area contributed by atoms with Crippen LogP contribution in [0.25, 0.3) is 0 Å². The van der Waals surface area contributed by atoms with Crippen LogP contribution in [0.5, 0.6) is 0 Å². The molecule has 0 saturated heterocycles. The van der Waals surface area contributed by atoms with Gasteiger partial charge in [0.1, 0.15) is 0 Å². The molecule has 0 aromatic carbocycles. The Kier molecular flexibility index (Phi) is 4.98. The number of rotatable bonds is 3. The zero-order chi connectivity index (χ0) is 14.0. The minimum Gasteiger partial charge on any atom is -0.414 e.